The summed E-state index contributed by atoms with van der Waals surface area (Å²) in [4.78, 5) is 34.0. The summed E-state index contributed by atoms with van der Waals surface area (Å²) in [5.74, 6) is -0.717. The Hall–Kier alpha value is -2.62. The van der Waals surface area contributed by atoms with Crippen molar-refractivity contribution >= 4 is 34.5 Å². The summed E-state index contributed by atoms with van der Waals surface area (Å²) in [5.41, 5.74) is -1.98. The first kappa shape index (κ1) is 33.7. The fourth-order valence-electron chi connectivity index (χ4n) is 6.83. The standard InChI is InChI=1S/C31H34F7IN4O2/c1-18-10-23(32)6-7-24(18)27-25-14-42(26(44)15-41-8-4-5-9-41)16-29(25,39)17-43(27)28(45)40(3)19(2)20-11-21(30(33,34)35)13-22(12-20)31(36,37)38/h6-7,10-13,19,25,27H,4-5,8-9,14-17H2,1-3H3. The first-order valence-electron chi connectivity index (χ1n) is 14.7. The number of amides is 3. The first-order chi connectivity index (χ1) is 20.9. The Morgan fingerprint density at radius 2 is 1.60 bits per heavy atom. The van der Waals surface area contributed by atoms with Crippen LogP contribution in [0.3, 0.4) is 0 Å². The third-order valence-corrected chi connectivity index (χ3v) is 10.8. The lowest BCUT2D eigenvalue weighted by Crippen LogP contribution is -2.46. The van der Waals surface area contributed by atoms with Crippen molar-refractivity contribution < 1.29 is 40.3 Å². The Kier molecular flexibility index (Phi) is 9.14. The number of hydrogen-bond acceptors (Lipinski definition) is 3. The molecule has 0 bridgehead atoms. The van der Waals surface area contributed by atoms with Crippen LogP contribution in [-0.2, 0) is 17.1 Å². The van der Waals surface area contributed by atoms with Crippen molar-refractivity contribution in [1.82, 2.24) is 19.6 Å². The quantitative estimate of drug-likeness (QED) is 0.187. The number of alkyl halides is 7. The Labute approximate surface area is 270 Å². The van der Waals surface area contributed by atoms with Gasteiger partial charge in [-0.05, 0) is 86.8 Å². The smallest absolute Gasteiger partial charge is 0.340 e. The highest BCUT2D eigenvalue weighted by atomic mass is 127. The van der Waals surface area contributed by atoms with Crippen LogP contribution in [0, 0.1) is 18.7 Å². The van der Waals surface area contributed by atoms with Crippen molar-refractivity contribution in [2.24, 2.45) is 5.92 Å². The molecule has 5 rings (SSSR count). The van der Waals surface area contributed by atoms with E-state index in [1.54, 1.807) is 22.8 Å². The van der Waals surface area contributed by atoms with Crippen LogP contribution in [0.2, 0.25) is 0 Å². The highest BCUT2D eigenvalue weighted by Gasteiger charge is 2.59. The second-order valence-corrected chi connectivity index (χ2v) is 14.5. The molecule has 0 radical (unpaired) electrons. The van der Waals surface area contributed by atoms with E-state index in [1.165, 1.54) is 26.1 Å². The van der Waals surface area contributed by atoms with Crippen LogP contribution in [0.25, 0.3) is 0 Å². The summed E-state index contributed by atoms with van der Waals surface area (Å²) >= 11 is 2.27. The minimum atomic E-state index is -5.03. The number of nitrogens with zero attached hydrogens (tertiary/aromatic N) is 4. The zero-order chi connectivity index (χ0) is 33.1. The summed E-state index contributed by atoms with van der Waals surface area (Å²) in [5, 5.41) is 0. The van der Waals surface area contributed by atoms with Gasteiger partial charge in [0.1, 0.15) is 5.82 Å². The Bertz CT molecular complexity index is 1430. The van der Waals surface area contributed by atoms with E-state index < -0.39 is 50.8 Å². The summed E-state index contributed by atoms with van der Waals surface area (Å²) in [7, 11) is 1.34. The van der Waals surface area contributed by atoms with Crippen LogP contribution in [0.1, 0.15) is 59.7 Å². The van der Waals surface area contributed by atoms with Gasteiger partial charge in [0, 0.05) is 32.6 Å². The molecule has 3 aliphatic rings. The molecule has 2 aromatic rings. The van der Waals surface area contributed by atoms with Gasteiger partial charge < -0.3 is 14.7 Å². The van der Waals surface area contributed by atoms with Crippen molar-refractivity contribution in [2.75, 3.05) is 46.3 Å². The number of benzene rings is 2. The molecular weight excluding hydrogens is 720 g/mol. The van der Waals surface area contributed by atoms with E-state index in [9.17, 15) is 40.3 Å². The Balaban J connectivity index is 1.46. The van der Waals surface area contributed by atoms with Gasteiger partial charge in [0.2, 0.25) is 5.91 Å². The molecule has 6 nitrogen and oxygen atoms in total. The van der Waals surface area contributed by atoms with E-state index in [0.717, 1.165) is 30.8 Å². The lowest BCUT2D eigenvalue weighted by atomic mass is 9.87. The summed E-state index contributed by atoms with van der Waals surface area (Å²) in [6.07, 6.45) is -7.97. The van der Waals surface area contributed by atoms with Crippen LogP contribution in [0.15, 0.2) is 36.4 Å². The van der Waals surface area contributed by atoms with E-state index in [2.05, 4.69) is 27.5 Å². The third kappa shape index (κ3) is 6.77. The molecule has 3 heterocycles. The maximum Gasteiger partial charge on any atom is 0.416 e. The minimum Gasteiger partial charge on any atom is -0.340 e. The van der Waals surface area contributed by atoms with Crippen LogP contribution in [-0.4, -0.2) is 81.3 Å². The third-order valence-electron chi connectivity index (χ3n) is 9.37. The van der Waals surface area contributed by atoms with E-state index in [-0.39, 0.29) is 30.0 Å². The highest BCUT2D eigenvalue weighted by Crippen LogP contribution is 2.53. The molecule has 0 N–H and O–H groups in total. The minimum absolute atomic E-state index is 0.00875. The van der Waals surface area contributed by atoms with Crippen molar-refractivity contribution in [1.29, 1.82) is 0 Å². The lowest BCUT2D eigenvalue weighted by Gasteiger charge is -2.36. The van der Waals surface area contributed by atoms with Gasteiger partial charge in [-0.15, -0.1) is 0 Å². The molecule has 3 saturated heterocycles. The van der Waals surface area contributed by atoms with Gasteiger partial charge in [0.15, 0.2) is 0 Å². The van der Waals surface area contributed by atoms with Gasteiger partial charge in [0.25, 0.3) is 0 Å². The number of likely N-dealkylation sites (tertiary alicyclic amines) is 3. The molecule has 0 spiro atoms. The number of urea groups is 1. The van der Waals surface area contributed by atoms with Gasteiger partial charge in [-0.3, -0.25) is 9.69 Å². The van der Waals surface area contributed by atoms with Crippen LogP contribution >= 0.6 is 22.6 Å². The number of hydrogen-bond donors (Lipinski definition) is 0. The topological polar surface area (TPSA) is 47.1 Å². The lowest BCUT2D eigenvalue weighted by molar-refractivity contribution is -0.143. The maximum atomic E-state index is 14.1. The van der Waals surface area contributed by atoms with Crippen LogP contribution in [0.4, 0.5) is 35.5 Å². The Morgan fingerprint density at radius 1 is 1.00 bits per heavy atom. The van der Waals surface area contributed by atoms with Gasteiger partial charge in [-0.1, -0.05) is 28.7 Å². The molecule has 4 atom stereocenters. The number of fused-ring (bicyclic) bond motifs is 1. The van der Waals surface area contributed by atoms with E-state index in [4.69, 9.17) is 0 Å². The molecule has 3 fully saturated rings. The molecule has 3 amide bonds. The number of aryl methyl sites for hydroxylation is 1. The number of halogens is 8. The first-order valence-corrected chi connectivity index (χ1v) is 15.7. The fourth-order valence-corrected chi connectivity index (χ4v) is 8.14. The van der Waals surface area contributed by atoms with Crippen LogP contribution in [0.5, 0.6) is 0 Å². The zero-order valence-corrected chi connectivity index (χ0v) is 27.1. The van der Waals surface area contributed by atoms with E-state index in [1.807, 2.05) is 0 Å². The average molecular weight is 755 g/mol. The molecule has 2 aromatic carbocycles. The predicted octanol–water partition coefficient (Wildman–Crippen LogP) is 7.07. The largest absolute Gasteiger partial charge is 0.416 e. The summed E-state index contributed by atoms with van der Waals surface area (Å²) in [6.45, 7) is 6.02. The molecule has 4 unspecified atom stereocenters. The second-order valence-electron chi connectivity index (χ2n) is 12.4. The molecule has 45 heavy (non-hydrogen) atoms. The van der Waals surface area contributed by atoms with E-state index >= 15 is 0 Å². The molecule has 14 heteroatoms. The number of carbonyl (C=O) groups is 2. The van der Waals surface area contributed by atoms with Crippen molar-refractivity contribution in [3.63, 3.8) is 0 Å². The number of carbonyl (C=O) groups excluding carboxylic acids is 2. The fraction of sp³-hybridized carbons (Fsp3) is 0.548. The van der Waals surface area contributed by atoms with Crippen molar-refractivity contribution in [2.45, 2.75) is 54.5 Å². The second kappa shape index (κ2) is 12.2. The normalized spacial score (nSPS) is 24.7. The Morgan fingerprint density at radius 3 is 2.16 bits per heavy atom. The molecule has 3 aliphatic heterocycles. The molecule has 0 saturated carbocycles. The van der Waals surface area contributed by atoms with Gasteiger partial charge in [-0.2, -0.15) is 26.3 Å². The monoisotopic (exact) mass is 754 g/mol. The van der Waals surface area contributed by atoms with Gasteiger partial charge in [-0.25, -0.2) is 9.18 Å². The van der Waals surface area contributed by atoms with E-state index in [0.29, 0.717) is 42.9 Å². The predicted molar refractivity (Wildman–Crippen MR) is 161 cm³/mol. The average Bonchev–Trinajstić information content (AvgIpc) is 3.65. The summed E-state index contributed by atoms with van der Waals surface area (Å²) < 4.78 is 95.0. The summed E-state index contributed by atoms with van der Waals surface area (Å²) in [6, 6.07) is 3.20. The van der Waals surface area contributed by atoms with Crippen molar-refractivity contribution in [3.05, 3.63) is 70.0 Å². The number of rotatable bonds is 5. The highest BCUT2D eigenvalue weighted by molar-refractivity contribution is 14.1. The maximum absolute atomic E-state index is 14.1. The zero-order valence-electron chi connectivity index (χ0n) is 25.0. The van der Waals surface area contributed by atoms with Gasteiger partial charge >= 0.3 is 18.4 Å². The molecular formula is C31H34F7IN4O2. The van der Waals surface area contributed by atoms with Crippen LogP contribution < -0.4 is 0 Å². The SMILES string of the molecule is Cc1cc(F)ccc1C1C2CN(C(=O)CN3CCCC3)CC2(I)CN1C(=O)N(C)C(C)c1cc(C(F)(F)F)cc(C(F)(F)F)c1. The van der Waals surface area contributed by atoms with Gasteiger partial charge in [0.05, 0.1) is 33.2 Å². The molecule has 0 aromatic heterocycles. The molecule has 0 aliphatic carbocycles. The molecule has 246 valence electrons. The van der Waals surface area contributed by atoms with Crippen molar-refractivity contribution in [3.8, 4) is 0 Å².